The molecule has 1 saturated heterocycles. The zero-order chi connectivity index (χ0) is 23.3. The van der Waals surface area contributed by atoms with Crippen LogP contribution >= 0.6 is 0 Å². The van der Waals surface area contributed by atoms with Crippen molar-refractivity contribution in [3.8, 4) is 0 Å². The number of pyridine rings is 1. The molecule has 2 aromatic rings. The van der Waals surface area contributed by atoms with Crippen LogP contribution in [0.1, 0.15) is 44.1 Å². The standard InChI is InChI=1S/C25H32FN5O2/c26-20-5-3-19(4-6-20)25(11-1-2-12-25)23(32)29-17-22(27)18-9-15-31(16-10-18)24(33)30-21-7-13-28-14-8-21/h3-8,13-14,18,22H,1-2,9-12,15-17,27H2,(H,29,32)(H,28,30,33)/t22-/m1/s1. The van der Waals surface area contributed by atoms with Crippen LogP contribution in [0.5, 0.6) is 0 Å². The Labute approximate surface area is 193 Å². The molecule has 1 atom stereocenters. The second-order valence-corrected chi connectivity index (χ2v) is 9.16. The third kappa shape index (κ3) is 5.33. The molecule has 176 valence electrons. The normalized spacial score (nSPS) is 19.2. The Morgan fingerprint density at radius 2 is 1.73 bits per heavy atom. The van der Waals surface area contributed by atoms with Gasteiger partial charge in [0.25, 0.3) is 0 Å². The van der Waals surface area contributed by atoms with E-state index in [4.69, 9.17) is 5.73 Å². The minimum atomic E-state index is -0.595. The maximum absolute atomic E-state index is 13.4. The Morgan fingerprint density at radius 1 is 1.09 bits per heavy atom. The number of piperidine rings is 1. The second kappa shape index (κ2) is 10.3. The molecule has 33 heavy (non-hydrogen) atoms. The second-order valence-electron chi connectivity index (χ2n) is 9.16. The zero-order valence-corrected chi connectivity index (χ0v) is 18.8. The number of hydrogen-bond acceptors (Lipinski definition) is 4. The van der Waals surface area contributed by atoms with Crippen LogP contribution in [0.15, 0.2) is 48.8 Å². The van der Waals surface area contributed by atoms with Crippen LogP contribution in [0.2, 0.25) is 0 Å². The first-order chi connectivity index (χ1) is 16.0. The quantitative estimate of drug-likeness (QED) is 0.624. The molecule has 2 aliphatic rings. The average molecular weight is 454 g/mol. The molecular formula is C25H32FN5O2. The number of hydrogen-bond donors (Lipinski definition) is 3. The molecule has 0 spiro atoms. The molecule has 7 nitrogen and oxygen atoms in total. The Balaban J connectivity index is 1.27. The predicted molar refractivity (Wildman–Crippen MR) is 125 cm³/mol. The first-order valence-corrected chi connectivity index (χ1v) is 11.7. The fourth-order valence-electron chi connectivity index (χ4n) is 5.11. The Bertz CT molecular complexity index is 939. The fourth-order valence-corrected chi connectivity index (χ4v) is 5.11. The molecule has 1 aromatic carbocycles. The number of amides is 3. The lowest BCUT2D eigenvalue weighted by molar-refractivity contribution is -0.126. The van der Waals surface area contributed by atoms with Gasteiger partial charge in [-0.2, -0.15) is 0 Å². The number of rotatable bonds is 6. The summed E-state index contributed by atoms with van der Waals surface area (Å²) in [6, 6.07) is 9.52. The van der Waals surface area contributed by atoms with Gasteiger partial charge < -0.3 is 21.3 Å². The van der Waals surface area contributed by atoms with Crippen molar-refractivity contribution in [2.75, 3.05) is 25.0 Å². The number of carbonyl (C=O) groups excluding carboxylic acids is 2. The minimum Gasteiger partial charge on any atom is -0.354 e. The van der Waals surface area contributed by atoms with Crippen LogP contribution in [0, 0.1) is 11.7 Å². The number of urea groups is 1. The minimum absolute atomic E-state index is 0.0174. The molecule has 4 N–H and O–H groups in total. The van der Waals surface area contributed by atoms with Crippen molar-refractivity contribution in [3.05, 3.63) is 60.2 Å². The number of aromatic nitrogens is 1. The topological polar surface area (TPSA) is 100 Å². The maximum atomic E-state index is 13.4. The number of nitrogens with zero attached hydrogens (tertiary/aromatic N) is 2. The van der Waals surface area contributed by atoms with Crippen molar-refractivity contribution >= 4 is 17.6 Å². The highest BCUT2D eigenvalue weighted by atomic mass is 19.1. The van der Waals surface area contributed by atoms with Gasteiger partial charge in [0.1, 0.15) is 5.82 Å². The maximum Gasteiger partial charge on any atom is 0.321 e. The molecule has 1 aromatic heterocycles. The molecule has 0 unspecified atom stereocenters. The summed E-state index contributed by atoms with van der Waals surface area (Å²) in [5, 5.41) is 5.97. The number of likely N-dealkylation sites (tertiary alicyclic amines) is 1. The summed E-state index contributed by atoms with van der Waals surface area (Å²) < 4.78 is 13.4. The molecule has 4 rings (SSSR count). The molecule has 8 heteroatoms. The van der Waals surface area contributed by atoms with E-state index < -0.39 is 5.41 Å². The van der Waals surface area contributed by atoms with Gasteiger partial charge in [0.15, 0.2) is 0 Å². The van der Waals surface area contributed by atoms with Crippen LogP contribution < -0.4 is 16.4 Å². The van der Waals surface area contributed by atoms with Gasteiger partial charge in [0.2, 0.25) is 5.91 Å². The summed E-state index contributed by atoms with van der Waals surface area (Å²) in [6.07, 6.45) is 8.37. The smallest absolute Gasteiger partial charge is 0.321 e. The highest BCUT2D eigenvalue weighted by Gasteiger charge is 2.42. The summed E-state index contributed by atoms with van der Waals surface area (Å²) in [6.45, 7) is 1.65. The van der Waals surface area contributed by atoms with Crippen molar-refractivity contribution in [1.29, 1.82) is 0 Å². The van der Waals surface area contributed by atoms with Crippen molar-refractivity contribution in [3.63, 3.8) is 0 Å². The molecule has 1 saturated carbocycles. The van der Waals surface area contributed by atoms with E-state index in [1.807, 2.05) is 0 Å². The number of carbonyl (C=O) groups is 2. The Hall–Kier alpha value is -3.00. The molecule has 0 bridgehead atoms. The molecular weight excluding hydrogens is 421 g/mol. The van der Waals surface area contributed by atoms with Gasteiger partial charge in [-0.25, -0.2) is 9.18 Å². The Morgan fingerprint density at radius 3 is 2.36 bits per heavy atom. The van der Waals surface area contributed by atoms with Crippen LogP contribution in [-0.4, -0.2) is 47.5 Å². The number of benzene rings is 1. The zero-order valence-electron chi connectivity index (χ0n) is 18.8. The molecule has 2 heterocycles. The number of nitrogens with one attached hydrogen (secondary N) is 2. The summed E-state index contributed by atoms with van der Waals surface area (Å²) in [5.41, 5.74) is 7.45. The van der Waals surface area contributed by atoms with Gasteiger partial charge in [-0.05, 0) is 61.4 Å². The average Bonchev–Trinajstić information content (AvgIpc) is 3.35. The summed E-state index contributed by atoms with van der Waals surface area (Å²) in [7, 11) is 0. The van der Waals surface area contributed by atoms with E-state index in [-0.39, 0.29) is 29.7 Å². The first kappa shape index (κ1) is 23.2. The lowest BCUT2D eigenvalue weighted by Gasteiger charge is -2.35. The molecule has 3 amide bonds. The highest BCUT2D eigenvalue weighted by Crippen LogP contribution is 2.41. The summed E-state index contributed by atoms with van der Waals surface area (Å²) in [4.78, 5) is 31.5. The van der Waals surface area contributed by atoms with E-state index in [1.54, 1.807) is 41.6 Å². The van der Waals surface area contributed by atoms with Gasteiger partial charge >= 0.3 is 6.03 Å². The predicted octanol–water partition coefficient (Wildman–Crippen LogP) is 3.42. The lowest BCUT2D eigenvalue weighted by Crippen LogP contribution is -2.51. The fraction of sp³-hybridized carbons (Fsp3) is 0.480. The highest BCUT2D eigenvalue weighted by molar-refractivity contribution is 5.89. The third-order valence-corrected chi connectivity index (χ3v) is 7.15. The summed E-state index contributed by atoms with van der Waals surface area (Å²) >= 11 is 0. The van der Waals surface area contributed by atoms with Crippen molar-refractivity contribution in [2.24, 2.45) is 11.7 Å². The molecule has 1 aliphatic carbocycles. The van der Waals surface area contributed by atoms with E-state index in [9.17, 15) is 14.0 Å². The van der Waals surface area contributed by atoms with E-state index in [0.29, 0.717) is 19.6 Å². The van der Waals surface area contributed by atoms with E-state index in [0.717, 1.165) is 49.8 Å². The van der Waals surface area contributed by atoms with E-state index >= 15 is 0 Å². The third-order valence-electron chi connectivity index (χ3n) is 7.15. The van der Waals surface area contributed by atoms with E-state index in [1.165, 1.54) is 12.1 Å². The van der Waals surface area contributed by atoms with Crippen molar-refractivity contribution < 1.29 is 14.0 Å². The van der Waals surface area contributed by atoms with Gasteiger partial charge in [-0.3, -0.25) is 9.78 Å². The SMILES string of the molecule is N[C@H](CNC(=O)C1(c2ccc(F)cc2)CCCC1)C1CCN(C(=O)Nc2ccncc2)CC1. The largest absolute Gasteiger partial charge is 0.354 e. The van der Waals surface area contributed by atoms with Gasteiger partial charge in [-0.15, -0.1) is 0 Å². The van der Waals surface area contributed by atoms with Gasteiger partial charge in [-0.1, -0.05) is 25.0 Å². The Kier molecular flexibility index (Phi) is 7.23. The lowest BCUT2D eigenvalue weighted by atomic mass is 9.78. The molecule has 1 aliphatic heterocycles. The number of anilines is 1. The first-order valence-electron chi connectivity index (χ1n) is 11.7. The van der Waals surface area contributed by atoms with Crippen LogP contribution in [0.4, 0.5) is 14.9 Å². The number of nitrogens with two attached hydrogens (primary N) is 1. The van der Waals surface area contributed by atoms with Gasteiger partial charge in [0.05, 0.1) is 5.41 Å². The number of halogens is 1. The summed E-state index contributed by atoms with van der Waals surface area (Å²) in [5.74, 6) is -0.0769. The van der Waals surface area contributed by atoms with Crippen molar-refractivity contribution in [1.82, 2.24) is 15.2 Å². The molecule has 0 radical (unpaired) electrons. The van der Waals surface area contributed by atoms with Crippen LogP contribution in [0.25, 0.3) is 0 Å². The monoisotopic (exact) mass is 453 g/mol. The molecule has 2 fully saturated rings. The van der Waals surface area contributed by atoms with Crippen LogP contribution in [-0.2, 0) is 10.2 Å². The van der Waals surface area contributed by atoms with Crippen molar-refractivity contribution in [2.45, 2.75) is 50.0 Å². The van der Waals surface area contributed by atoms with E-state index in [2.05, 4.69) is 15.6 Å². The van der Waals surface area contributed by atoms with Crippen LogP contribution in [0.3, 0.4) is 0 Å². The van der Waals surface area contributed by atoms with Gasteiger partial charge in [0, 0.05) is 43.8 Å².